The van der Waals surface area contributed by atoms with Crippen molar-refractivity contribution in [2.75, 3.05) is 13.1 Å². The number of carboxylic acids is 1. The van der Waals surface area contributed by atoms with E-state index in [1.165, 1.54) is 11.3 Å². The number of aliphatic carboxylic acids is 1. The Hall–Kier alpha value is -0.650. The molecule has 1 aliphatic rings. The quantitative estimate of drug-likeness (QED) is 0.916. The van der Waals surface area contributed by atoms with Gasteiger partial charge in [-0.05, 0) is 31.8 Å². The molecule has 0 aliphatic carbocycles. The van der Waals surface area contributed by atoms with E-state index in [9.17, 15) is 4.79 Å². The van der Waals surface area contributed by atoms with Crippen LogP contribution >= 0.6 is 22.9 Å². The number of halogens is 1. The lowest BCUT2D eigenvalue weighted by atomic mass is 9.94. The standard InChI is InChI=1S/C11H15ClN2O2S/c12-9-6-13-10(17-9)7-14-3-1-8(2-4-14)5-11(15)16/h6,8H,1-5,7H2,(H,15,16). The first-order valence-electron chi connectivity index (χ1n) is 5.68. The summed E-state index contributed by atoms with van der Waals surface area (Å²) >= 11 is 7.34. The molecular formula is C11H15ClN2O2S. The van der Waals surface area contributed by atoms with Gasteiger partial charge in [0, 0.05) is 6.42 Å². The van der Waals surface area contributed by atoms with Crippen molar-refractivity contribution in [3.05, 3.63) is 15.5 Å². The van der Waals surface area contributed by atoms with Crippen molar-refractivity contribution in [2.45, 2.75) is 25.8 Å². The number of likely N-dealkylation sites (tertiary alicyclic amines) is 1. The first-order chi connectivity index (χ1) is 8.13. The number of nitrogens with zero attached hydrogens (tertiary/aromatic N) is 2. The molecule has 0 saturated carbocycles. The van der Waals surface area contributed by atoms with Crippen LogP contribution in [0.3, 0.4) is 0 Å². The third kappa shape index (κ3) is 3.94. The van der Waals surface area contributed by atoms with Crippen molar-refractivity contribution >= 4 is 28.9 Å². The topological polar surface area (TPSA) is 53.4 Å². The molecule has 6 heteroatoms. The Morgan fingerprint density at radius 1 is 1.59 bits per heavy atom. The number of carbonyl (C=O) groups is 1. The van der Waals surface area contributed by atoms with E-state index in [-0.39, 0.29) is 0 Å². The number of carboxylic acid groups (broad SMARTS) is 1. The average Bonchev–Trinajstić information content (AvgIpc) is 2.66. The molecule has 0 spiro atoms. The van der Waals surface area contributed by atoms with E-state index in [2.05, 4.69) is 9.88 Å². The number of thiazole rings is 1. The zero-order chi connectivity index (χ0) is 12.3. The number of hydrogen-bond donors (Lipinski definition) is 1. The molecule has 0 radical (unpaired) electrons. The first kappa shape index (κ1) is 12.8. The summed E-state index contributed by atoms with van der Waals surface area (Å²) in [5.74, 6) is -0.348. The molecular weight excluding hydrogens is 260 g/mol. The summed E-state index contributed by atoms with van der Waals surface area (Å²) in [4.78, 5) is 17.1. The fourth-order valence-corrected chi connectivity index (χ4v) is 3.15. The number of aromatic nitrogens is 1. The van der Waals surface area contributed by atoms with Crippen molar-refractivity contribution < 1.29 is 9.90 Å². The Balaban J connectivity index is 1.77. The van der Waals surface area contributed by atoms with Crippen LogP contribution in [-0.4, -0.2) is 34.0 Å². The molecule has 1 aromatic rings. The van der Waals surface area contributed by atoms with Gasteiger partial charge in [0.05, 0.1) is 12.7 Å². The Bertz CT molecular complexity index is 389. The minimum atomic E-state index is -0.685. The van der Waals surface area contributed by atoms with Gasteiger partial charge in [-0.2, -0.15) is 0 Å². The number of hydrogen-bond acceptors (Lipinski definition) is 4. The molecule has 0 unspecified atom stereocenters. The van der Waals surface area contributed by atoms with Crippen LogP contribution in [0.4, 0.5) is 0 Å². The Labute approximate surface area is 109 Å². The molecule has 0 bridgehead atoms. The van der Waals surface area contributed by atoms with Crippen LogP contribution in [0, 0.1) is 5.92 Å². The van der Waals surface area contributed by atoms with Gasteiger partial charge in [-0.3, -0.25) is 9.69 Å². The molecule has 1 N–H and O–H groups in total. The lowest BCUT2D eigenvalue weighted by molar-refractivity contribution is -0.138. The summed E-state index contributed by atoms with van der Waals surface area (Å²) in [7, 11) is 0. The summed E-state index contributed by atoms with van der Waals surface area (Å²) in [5.41, 5.74) is 0. The molecule has 2 heterocycles. The zero-order valence-electron chi connectivity index (χ0n) is 9.43. The van der Waals surface area contributed by atoms with Crippen molar-refractivity contribution in [1.29, 1.82) is 0 Å². The second-order valence-electron chi connectivity index (χ2n) is 4.38. The molecule has 1 aliphatic heterocycles. The number of rotatable bonds is 4. The maximum Gasteiger partial charge on any atom is 0.303 e. The normalized spacial score (nSPS) is 18.4. The highest BCUT2D eigenvalue weighted by atomic mass is 35.5. The Morgan fingerprint density at radius 2 is 2.29 bits per heavy atom. The third-order valence-electron chi connectivity index (χ3n) is 3.05. The van der Waals surface area contributed by atoms with E-state index in [0.29, 0.717) is 12.3 Å². The van der Waals surface area contributed by atoms with Gasteiger partial charge < -0.3 is 5.11 Å². The molecule has 1 aromatic heterocycles. The summed E-state index contributed by atoms with van der Waals surface area (Å²) < 4.78 is 0.723. The van der Waals surface area contributed by atoms with Gasteiger partial charge in [0.15, 0.2) is 0 Å². The fourth-order valence-electron chi connectivity index (χ4n) is 2.15. The molecule has 1 saturated heterocycles. The maximum atomic E-state index is 10.6. The van der Waals surface area contributed by atoms with E-state index in [1.807, 2.05) is 0 Å². The van der Waals surface area contributed by atoms with Gasteiger partial charge in [-0.1, -0.05) is 11.6 Å². The summed E-state index contributed by atoms with van der Waals surface area (Å²) in [5, 5.41) is 9.77. The van der Waals surface area contributed by atoms with Crippen LogP contribution < -0.4 is 0 Å². The van der Waals surface area contributed by atoms with Crippen LogP contribution in [0.1, 0.15) is 24.3 Å². The van der Waals surface area contributed by atoms with Crippen molar-refractivity contribution in [3.8, 4) is 0 Å². The van der Waals surface area contributed by atoms with E-state index < -0.39 is 5.97 Å². The van der Waals surface area contributed by atoms with Gasteiger partial charge in [0.1, 0.15) is 9.34 Å². The molecule has 0 aromatic carbocycles. The van der Waals surface area contributed by atoms with Crippen LogP contribution in [0.15, 0.2) is 6.20 Å². The Kier molecular flexibility index (Phi) is 4.36. The zero-order valence-corrected chi connectivity index (χ0v) is 11.0. The van der Waals surface area contributed by atoms with Gasteiger partial charge in [0.2, 0.25) is 0 Å². The molecule has 17 heavy (non-hydrogen) atoms. The number of piperidine rings is 1. The predicted octanol–water partition coefficient (Wildman–Crippen LogP) is 2.48. The second kappa shape index (κ2) is 5.80. The summed E-state index contributed by atoms with van der Waals surface area (Å²) in [6, 6.07) is 0. The minimum Gasteiger partial charge on any atom is -0.481 e. The van der Waals surface area contributed by atoms with Gasteiger partial charge in [-0.25, -0.2) is 4.98 Å². The largest absolute Gasteiger partial charge is 0.481 e. The molecule has 1 fully saturated rings. The van der Waals surface area contributed by atoms with Crippen molar-refractivity contribution in [1.82, 2.24) is 9.88 Å². The Morgan fingerprint density at radius 3 is 2.82 bits per heavy atom. The molecule has 2 rings (SSSR count). The van der Waals surface area contributed by atoms with Crippen molar-refractivity contribution in [2.24, 2.45) is 5.92 Å². The van der Waals surface area contributed by atoms with Crippen molar-refractivity contribution in [3.63, 3.8) is 0 Å². The molecule has 94 valence electrons. The second-order valence-corrected chi connectivity index (χ2v) is 6.12. The van der Waals surface area contributed by atoms with Gasteiger partial charge in [0.25, 0.3) is 0 Å². The maximum absolute atomic E-state index is 10.6. The van der Waals surface area contributed by atoms with Crippen LogP contribution in [-0.2, 0) is 11.3 Å². The third-order valence-corrected chi connectivity index (χ3v) is 4.15. The van der Waals surface area contributed by atoms with E-state index >= 15 is 0 Å². The lowest BCUT2D eigenvalue weighted by Gasteiger charge is -2.30. The average molecular weight is 275 g/mol. The van der Waals surface area contributed by atoms with E-state index in [4.69, 9.17) is 16.7 Å². The van der Waals surface area contributed by atoms with Gasteiger partial charge >= 0.3 is 5.97 Å². The monoisotopic (exact) mass is 274 g/mol. The van der Waals surface area contributed by atoms with Crippen LogP contribution in [0.5, 0.6) is 0 Å². The molecule has 0 atom stereocenters. The van der Waals surface area contributed by atoms with Crippen LogP contribution in [0.25, 0.3) is 0 Å². The minimum absolute atomic E-state index is 0.303. The molecule has 4 nitrogen and oxygen atoms in total. The highest BCUT2D eigenvalue weighted by molar-refractivity contribution is 7.15. The predicted molar refractivity (Wildman–Crippen MR) is 67.4 cm³/mol. The smallest absolute Gasteiger partial charge is 0.303 e. The SMILES string of the molecule is O=C(O)CC1CCN(Cc2ncc(Cl)s2)CC1. The summed E-state index contributed by atoms with van der Waals surface area (Å²) in [6.45, 7) is 2.74. The van der Waals surface area contributed by atoms with Crippen LogP contribution in [0.2, 0.25) is 4.34 Å². The van der Waals surface area contributed by atoms with E-state index in [0.717, 1.165) is 41.8 Å². The van der Waals surface area contributed by atoms with Gasteiger partial charge in [-0.15, -0.1) is 11.3 Å². The fraction of sp³-hybridized carbons (Fsp3) is 0.636. The highest BCUT2D eigenvalue weighted by Crippen LogP contribution is 2.24. The summed E-state index contributed by atoms with van der Waals surface area (Å²) in [6.07, 6.45) is 3.91. The molecule has 0 amide bonds. The lowest BCUT2D eigenvalue weighted by Crippen LogP contribution is -2.33. The first-order valence-corrected chi connectivity index (χ1v) is 6.87. The van der Waals surface area contributed by atoms with E-state index in [1.54, 1.807) is 6.20 Å². The highest BCUT2D eigenvalue weighted by Gasteiger charge is 2.21.